The number of carbonyl (C=O) groups excluding carboxylic acids is 1. The van der Waals surface area contributed by atoms with Crippen LogP contribution in [0.25, 0.3) is 11.0 Å². The van der Waals surface area contributed by atoms with Crippen molar-refractivity contribution in [1.29, 1.82) is 0 Å². The van der Waals surface area contributed by atoms with E-state index in [2.05, 4.69) is 10.3 Å². The van der Waals surface area contributed by atoms with Gasteiger partial charge in [-0.15, -0.1) is 0 Å². The predicted octanol–water partition coefficient (Wildman–Crippen LogP) is 2.56. The fourth-order valence-corrected chi connectivity index (χ4v) is 2.61. The van der Waals surface area contributed by atoms with Crippen molar-refractivity contribution in [3.63, 3.8) is 0 Å². The Labute approximate surface area is 143 Å². The lowest BCUT2D eigenvalue weighted by Gasteiger charge is -2.08. The van der Waals surface area contributed by atoms with E-state index in [1.807, 2.05) is 24.3 Å². The van der Waals surface area contributed by atoms with Crippen LogP contribution in [0.2, 0.25) is 5.02 Å². The molecule has 5 nitrogen and oxygen atoms in total. The smallest absolute Gasteiger partial charge is 0.282 e. The van der Waals surface area contributed by atoms with E-state index >= 15 is 0 Å². The Bertz CT molecular complexity index is 949. The van der Waals surface area contributed by atoms with Gasteiger partial charge in [-0.05, 0) is 36.2 Å². The summed E-state index contributed by atoms with van der Waals surface area (Å²) in [5, 5.41) is 3.42. The van der Waals surface area contributed by atoms with Crippen LogP contribution in [0.5, 0.6) is 0 Å². The van der Waals surface area contributed by atoms with Crippen molar-refractivity contribution in [2.45, 2.75) is 6.42 Å². The Balaban J connectivity index is 1.75. The third-order valence-electron chi connectivity index (χ3n) is 3.81. The van der Waals surface area contributed by atoms with Crippen molar-refractivity contribution in [2.75, 3.05) is 6.54 Å². The highest BCUT2D eigenvalue weighted by Gasteiger charge is 2.15. The molecule has 0 bridgehead atoms. The second kappa shape index (κ2) is 6.84. The van der Waals surface area contributed by atoms with Crippen LogP contribution in [0.4, 0.5) is 0 Å². The van der Waals surface area contributed by atoms with E-state index in [0.717, 1.165) is 5.56 Å². The zero-order chi connectivity index (χ0) is 17.1. The lowest BCUT2D eigenvalue weighted by molar-refractivity contribution is 0.0947. The van der Waals surface area contributed by atoms with E-state index < -0.39 is 11.5 Å². The van der Waals surface area contributed by atoms with Crippen LogP contribution in [0.3, 0.4) is 0 Å². The number of nitrogens with one attached hydrogen (secondary N) is 1. The Morgan fingerprint density at radius 3 is 2.62 bits per heavy atom. The molecule has 0 fully saturated rings. The lowest BCUT2D eigenvalue weighted by atomic mass is 10.1. The van der Waals surface area contributed by atoms with Gasteiger partial charge in [-0.1, -0.05) is 35.9 Å². The molecule has 0 aliphatic rings. The number of halogens is 1. The highest BCUT2D eigenvalue weighted by Crippen LogP contribution is 2.10. The molecule has 0 aliphatic carbocycles. The van der Waals surface area contributed by atoms with Gasteiger partial charge in [-0.3, -0.25) is 9.59 Å². The molecule has 0 saturated heterocycles. The number of nitrogens with zero attached hydrogens (tertiary/aromatic N) is 2. The summed E-state index contributed by atoms with van der Waals surface area (Å²) in [6.07, 6.45) is 0.650. The molecule has 122 valence electrons. The van der Waals surface area contributed by atoms with E-state index in [4.69, 9.17) is 11.6 Å². The fourth-order valence-electron chi connectivity index (χ4n) is 2.48. The first-order valence-corrected chi connectivity index (χ1v) is 7.92. The third kappa shape index (κ3) is 3.31. The van der Waals surface area contributed by atoms with Crippen LogP contribution < -0.4 is 10.9 Å². The maximum atomic E-state index is 12.3. The molecule has 1 heterocycles. The Hall–Kier alpha value is -2.66. The fraction of sp³-hybridized carbons (Fsp3) is 0.167. The SMILES string of the molecule is Cn1c(=O)c(C(=O)NCCc2ccc(Cl)cc2)nc2ccccc21. The highest BCUT2D eigenvalue weighted by atomic mass is 35.5. The van der Waals surface area contributed by atoms with Crippen molar-refractivity contribution in [2.24, 2.45) is 7.05 Å². The number of aromatic nitrogens is 2. The molecular weight excluding hydrogens is 326 g/mol. The molecule has 0 aliphatic heterocycles. The minimum atomic E-state index is -0.463. The largest absolute Gasteiger partial charge is 0.350 e. The second-order valence-electron chi connectivity index (χ2n) is 5.45. The third-order valence-corrected chi connectivity index (χ3v) is 4.06. The van der Waals surface area contributed by atoms with Gasteiger partial charge in [-0.2, -0.15) is 0 Å². The summed E-state index contributed by atoms with van der Waals surface area (Å²) < 4.78 is 1.44. The Morgan fingerprint density at radius 1 is 1.17 bits per heavy atom. The minimum Gasteiger partial charge on any atom is -0.350 e. The first-order valence-electron chi connectivity index (χ1n) is 7.54. The van der Waals surface area contributed by atoms with Gasteiger partial charge in [0.15, 0.2) is 5.69 Å². The van der Waals surface area contributed by atoms with Gasteiger partial charge < -0.3 is 9.88 Å². The number of fused-ring (bicyclic) bond motifs is 1. The summed E-state index contributed by atoms with van der Waals surface area (Å²) in [5.74, 6) is -0.463. The van der Waals surface area contributed by atoms with Gasteiger partial charge in [0.05, 0.1) is 11.0 Å². The average Bonchev–Trinajstić information content (AvgIpc) is 2.59. The standard InChI is InChI=1S/C18H16ClN3O2/c1-22-15-5-3-2-4-14(15)21-16(18(22)24)17(23)20-11-10-12-6-8-13(19)9-7-12/h2-9H,10-11H2,1H3,(H,20,23). The molecular formula is C18H16ClN3O2. The second-order valence-corrected chi connectivity index (χ2v) is 5.88. The summed E-state index contributed by atoms with van der Waals surface area (Å²) in [5.41, 5.74) is 1.87. The molecule has 1 aromatic heterocycles. The lowest BCUT2D eigenvalue weighted by Crippen LogP contribution is -2.34. The number of hydrogen-bond acceptors (Lipinski definition) is 3. The first kappa shape index (κ1) is 16.2. The molecule has 0 spiro atoms. The molecule has 0 saturated carbocycles. The Kier molecular flexibility index (Phi) is 4.62. The topological polar surface area (TPSA) is 64.0 Å². The first-order chi connectivity index (χ1) is 11.6. The van der Waals surface area contributed by atoms with E-state index in [0.29, 0.717) is 29.0 Å². The van der Waals surface area contributed by atoms with E-state index in [1.54, 1.807) is 31.3 Å². The van der Waals surface area contributed by atoms with Crippen LogP contribution in [0.15, 0.2) is 53.3 Å². The molecule has 1 amide bonds. The Morgan fingerprint density at radius 2 is 1.88 bits per heavy atom. The maximum absolute atomic E-state index is 12.3. The van der Waals surface area contributed by atoms with Crippen molar-refractivity contribution < 1.29 is 4.79 Å². The van der Waals surface area contributed by atoms with Crippen molar-refractivity contribution in [1.82, 2.24) is 14.9 Å². The van der Waals surface area contributed by atoms with Gasteiger partial charge in [0.25, 0.3) is 11.5 Å². The zero-order valence-electron chi connectivity index (χ0n) is 13.1. The van der Waals surface area contributed by atoms with Gasteiger partial charge in [0.2, 0.25) is 0 Å². The van der Waals surface area contributed by atoms with Gasteiger partial charge in [0, 0.05) is 18.6 Å². The summed E-state index contributed by atoms with van der Waals surface area (Å²) >= 11 is 5.84. The minimum absolute atomic E-state index is 0.0905. The van der Waals surface area contributed by atoms with E-state index in [9.17, 15) is 9.59 Å². The van der Waals surface area contributed by atoms with Crippen molar-refractivity contribution in [3.8, 4) is 0 Å². The predicted molar refractivity (Wildman–Crippen MR) is 94.5 cm³/mol. The average molecular weight is 342 g/mol. The number of carbonyl (C=O) groups is 1. The van der Waals surface area contributed by atoms with Gasteiger partial charge in [-0.25, -0.2) is 4.98 Å². The van der Waals surface area contributed by atoms with Crippen LogP contribution in [0.1, 0.15) is 16.1 Å². The number of amides is 1. The number of benzene rings is 2. The zero-order valence-corrected chi connectivity index (χ0v) is 13.9. The molecule has 0 unspecified atom stereocenters. The van der Waals surface area contributed by atoms with Gasteiger partial charge in [0.1, 0.15) is 0 Å². The van der Waals surface area contributed by atoms with Gasteiger partial charge >= 0.3 is 0 Å². The molecule has 3 rings (SSSR count). The molecule has 24 heavy (non-hydrogen) atoms. The number of para-hydroxylation sites is 2. The van der Waals surface area contributed by atoms with Crippen LogP contribution in [-0.2, 0) is 13.5 Å². The summed E-state index contributed by atoms with van der Waals surface area (Å²) in [6.45, 7) is 0.415. The molecule has 1 N–H and O–H groups in total. The normalized spacial score (nSPS) is 10.8. The molecule has 0 radical (unpaired) electrons. The van der Waals surface area contributed by atoms with Crippen LogP contribution in [-0.4, -0.2) is 22.0 Å². The summed E-state index contributed by atoms with van der Waals surface area (Å²) in [4.78, 5) is 28.8. The molecule has 2 aromatic carbocycles. The number of aryl methyl sites for hydroxylation is 1. The quantitative estimate of drug-likeness (QED) is 0.793. The number of rotatable bonds is 4. The molecule has 3 aromatic rings. The van der Waals surface area contributed by atoms with E-state index in [-0.39, 0.29) is 5.69 Å². The summed E-state index contributed by atoms with van der Waals surface area (Å²) in [6, 6.07) is 14.6. The maximum Gasteiger partial charge on any atom is 0.282 e. The molecule has 0 atom stereocenters. The molecule has 6 heteroatoms. The van der Waals surface area contributed by atoms with Crippen molar-refractivity contribution in [3.05, 3.63) is 75.2 Å². The van der Waals surface area contributed by atoms with Crippen molar-refractivity contribution >= 4 is 28.5 Å². The van der Waals surface area contributed by atoms with E-state index in [1.165, 1.54) is 4.57 Å². The summed E-state index contributed by atoms with van der Waals surface area (Å²) in [7, 11) is 1.64. The number of hydrogen-bond donors (Lipinski definition) is 1. The van der Waals surface area contributed by atoms with Crippen LogP contribution in [0, 0.1) is 0 Å². The monoisotopic (exact) mass is 341 g/mol. The van der Waals surface area contributed by atoms with Crippen LogP contribution >= 0.6 is 11.6 Å². The highest BCUT2D eigenvalue weighted by molar-refractivity contribution is 6.30.